The number of carbonyl (C=O) groups is 1. The first-order valence-corrected chi connectivity index (χ1v) is 8.96. The van der Waals surface area contributed by atoms with Crippen LogP contribution in [-0.4, -0.2) is 10.9 Å². The molecular formula is C19H14ClN3O2S. The first-order chi connectivity index (χ1) is 12.6. The average Bonchev–Trinajstić information content (AvgIpc) is 3.05. The summed E-state index contributed by atoms with van der Waals surface area (Å²) >= 11 is 7.56. The van der Waals surface area contributed by atoms with Gasteiger partial charge in [0, 0.05) is 11.1 Å². The van der Waals surface area contributed by atoms with E-state index in [0.717, 1.165) is 10.7 Å². The van der Waals surface area contributed by atoms with Crippen molar-refractivity contribution in [3.8, 4) is 11.8 Å². The summed E-state index contributed by atoms with van der Waals surface area (Å²) in [4.78, 5) is 16.9. The van der Waals surface area contributed by atoms with Crippen LogP contribution < -0.4 is 10.1 Å². The Kier molecular flexibility index (Phi) is 5.52. The number of nitrogens with zero attached hydrogens (tertiary/aromatic N) is 2. The molecule has 0 aliphatic rings. The number of carbonyl (C=O) groups excluding carboxylic acids is 1. The quantitative estimate of drug-likeness (QED) is 0.686. The first-order valence-electron chi connectivity index (χ1n) is 7.70. The molecule has 0 fully saturated rings. The Morgan fingerprint density at radius 1 is 1.35 bits per heavy atom. The average molecular weight is 384 g/mol. The maximum atomic E-state index is 12.6. The molecule has 1 heterocycles. The van der Waals surface area contributed by atoms with Crippen molar-refractivity contribution in [3.05, 3.63) is 74.7 Å². The summed E-state index contributed by atoms with van der Waals surface area (Å²) in [6, 6.07) is 13.7. The van der Waals surface area contributed by atoms with Crippen molar-refractivity contribution in [2.75, 3.05) is 5.32 Å². The monoisotopic (exact) mass is 383 g/mol. The van der Waals surface area contributed by atoms with Crippen molar-refractivity contribution in [1.82, 2.24) is 4.98 Å². The van der Waals surface area contributed by atoms with E-state index in [2.05, 4.69) is 10.3 Å². The molecule has 1 N–H and O–H groups in total. The van der Waals surface area contributed by atoms with Crippen molar-refractivity contribution < 1.29 is 9.53 Å². The Hall–Kier alpha value is -2.88. The molecule has 26 heavy (non-hydrogen) atoms. The van der Waals surface area contributed by atoms with Gasteiger partial charge in [-0.05, 0) is 37.3 Å². The number of ether oxygens (including phenoxy) is 1. The number of para-hydroxylation sites is 1. The summed E-state index contributed by atoms with van der Waals surface area (Å²) in [7, 11) is 0. The topological polar surface area (TPSA) is 75.0 Å². The third-order valence-corrected chi connectivity index (χ3v) is 4.66. The van der Waals surface area contributed by atoms with Crippen LogP contribution in [0.3, 0.4) is 0 Å². The van der Waals surface area contributed by atoms with E-state index in [1.54, 1.807) is 53.8 Å². The van der Waals surface area contributed by atoms with Gasteiger partial charge in [-0.1, -0.05) is 23.7 Å². The van der Waals surface area contributed by atoms with E-state index in [9.17, 15) is 4.79 Å². The number of benzene rings is 2. The van der Waals surface area contributed by atoms with E-state index in [1.165, 1.54) is 0 Å². The molecule has 7 heteroatoms. The number of nitrogens with one attached hydrogen (secondary N) is 1. The highest BCUT2D eigenvalue weighted by Crippen LogP contribution is 2.24. The van der Waals surface area contributed by atoms with E-state index in [4.69, 9.17) is 21.6 Å². The van der Waals surface area contributed by atoms with Crippen LogP contribution >= 0.6 is 22.9 Å². The van der Waals surface area contributed by atoms with Gasteiger partial charge in [-0.3, -0.25) is 4.79 Å². The number of nitriles is 1. The lowest BCUT2D eigenvalue weighted by molar-refractivity contribution is 0.102. The molecule has 0 atom stereocenters. The van der Waals surface area contributed by atoms with Gasteiger partial charge in [0.1, 0.15) is 18.4 Å². The Morgan fingerprint density at radius 3 is 2.85 bits per heavy atom. The fraction of sp³-hybridized carbons (Fsp3) is 0.105. The van der Waals surface area contributed by atoms with Gasteiger partial charge in [-0.25, -0.2) is 4.98 Å². The standard InChI is InChI=1S/C19H14ClN3O2S/c1-12-22-15(11-26-12)10-25-18-5-3-2-4-16(18)19(24)23-14-7-6-13(9-21)17(20)8-14/h2-8,11H,10H2,1H3,(H,23,24). The molecule has 1 amide bonds. The number of amides is 1. The minimum absolute atomic E-state index is 0.286. The fourth-order valence-corrected chi connectivity index (χ4v) is 3.11. The predicted molar refractivity (Wildman–Crippen MR) is 102 cm³/mol. The predicted octanol–water partition coefficient (Wildman–Crippen LogP) is 4.81. The molecule has 0 saturated heterocycles. The van der Waals surface area contributed by atoms with E-state index >= 15 is 0 Å². The SMILES string of the molecule is Cc1nc(COc2ccccc2C(=O)Nc2ccc(C#N)c(Cl)c2)cs1. The first kappa shape index (κ1) is 17.9. The third kappa shape index (κ3) is 4.20. The van der Waals surface area contributed by atoms with Crippen molar-refractivity contribution in [2.24, 2.45) is 0 Å². The van der Waals surface area contributed by atoms with Crippen LogP contribution in [-0.2, 0) is 6.61 Å². The van der Waals surface area contributed by atoms with Gasteiger partial charge in [0.15, 0.2) is 0 Å². The van der Waals surface area contributed by atoms with Crippen molar-refractivity contribution in [2.45, 2.75) is 13.5 Å². The van der Waals surface area contributed by atoms with E-state index < -0.39 is 0 Å². The zero-order valence-corrected chi connectivity index (χ0v) is 15.4. The summed E-state index contributed by atoms with van der Waals surface area (Å²) in [5.74, 6) is 0.145. The summed E-state index contributed by atoms with van der Waals surface area (Å²) < 4.78 is 5.77. The van der Waals surface area contributed by atoms with Crippen LogP contribution in [0.15, 0.2) is 47.8 Å². The van der Waals surface area contributed by atoms with E-state index in [0.29, 0.717) is 22.6 Å². The molecule has 0 unspecified atom stereocenters. The molecule has 0 radical (unpaired) electrons. The highest BCUT2D eigenvalue weighted by Gasteiger charge is 2.13. The zero-order chi connectivity index (χ0) is 18.5. The number of aryl methyl sites for hydroxylation is 1. The second-order valence-electron chi connectivity index (χ2n) is 5.40. The van der Waals surface area contributed by atoms with Crippen molar-refractivity contribution in [3.63, 3.8) is 0 Å². The molecule has 1 aromatic heterocycles. The molecule has 0 spiro atoms. The number of halogens is 1. The van der Waals surface area contributed by atoms with Crippen LogP contribution in [0, 0.1) is 18.3 Å². The lowest BCUT2D eigenvalue weighted by atomic mass is 10.1. The van der Waals surface area contributed by atoms with Crippen LogP contribution in [0.5, 0.6) is 5.75 Å². The Labute approximate surface area is 159 Å². The van der Waals surface area contributed by atoms with Gasteiger partial charge in [0.2, 0.25) is 0 Å². The van der Waals surface area contributed by atoms with Gasteiger partial charge in [0.05, 0.1) is 26.9 Å². The summed E-state index contributed by atoms with van der Waals surface area (Å²) in [6.07, 6.45) is 0. The second kappa shape index (κ2) is 8.00. The summed E-state index contributed by atoms with van der Waals surface area (Å²) in [5.41, 5.74) is 2.08. The number of anilines is 1. The molecule has 2 aromatic carbocycles. The second-order valence-corrected chi connectivity index (χ2v) is 6.87. The van der Waals surface area contributed by atoms with E-state index in [-0.39, 0.29) is 17.5 Å². The van der Waals surface area contributed by atoms with Gasteiger partial charge < -0.3 is 10.1 Å². The Bertz CT molecular complexity index is 994. The molecule has 0 aliphatic carbocycles. The number of aromatic nitrogens is 1. The molecular weight excluding hydrogens is 370 g/mol. The highest BCUT2D eigenvalue weighted by atomic mass is 35.5. The minimum atomic E-state index is -0.323. The maximum absolute atomic E-state index is 12.6. The van der Waals surface area contributed by atoms with Gasteiger partial charge in [0.25, 0.3) is 5.91 Å². The van der Waals surface area contributed by atoms with E-state index in [1.807, 2.05) is 18.4 Å². The zero-order valence-electron chi connectivity index (χ0n) is 13.8. The summed E-state index contributed by atoms with van der Waals surface area (Å²) in [6.45, 7) is 2.22. The fourth-order valence-electron chi connectivity index (χ4n) is 2.29. The Balaban J connectivity index is 1.75. The molecule has 5 nitrogen and oxygen atoms in total. The molecule has 3 aromatic rings. The number of rotatable bonds is 5. The number of hydrogen-bond donors (Lipinski definition) is 1. The van der Waals surface area contributed by atoms with Crippen molar-refractivity contribution >= 4 is 34.5 Å². The van der Waals surface area contributed by atoms with Crippen LogP contribution in [0.2, 0.25) is 5.02 Å². The smallest absolute Gasteiger partial charge is 0.259 e. The lowest BCUT2D eigenvalue weighted by Gasteiger charge is -2.11. The molecule has 3 rings (SSSR count). The largest absolute Gasteiger partial charge is 0.486 e. The normalized spacial score (nSPS) is 10.2. The lowest BCUT2D eigenvalue weighted by Crippen LogP contribution is -2.13. The maximum Gasteiger partial charge on any atom is 0.259 e. The van der Waals surface area contributed by atoms with Gasteiger partial charge in [-0.2, -0.15) is 5.26 Å². The van der Waals surface area contributed by atoms with Crippen LogP contribution in [0.1, 0.15) is 26.6 Å². The molecule has 130 valence electrons. The minimum Gasteiger partial charge on any atom is -0.486 e. The number of thiazole rings is 1. The van der Waals surface area contributed by atoms with Gasteiger partial charge in [-0.15, -0.1) is 11.3 Å². The molecule has 0 bridgehead atoms. The third-order valence-electron chi connectivity index (χ3n) is 3.52. The van der Waals surface area contributed by atoms with Gasteiger partial charge >= 0.3 is 0 Å². The Morgan fingerprint density at radius 2 is 2.15 bits per heavy atom. The highest BCUT2D eigenvalue weighted by molar-refractivity contribution is 7.09. The van der Waals surface area contributed by atoms with Crippen LogP contribution in [0.4, 0.5) is 5.69 Å². The molecule has 0 saturated carbocycles. The molecule has 0 aliphatic heterocycles. The summed E-state index contributed by atoms with van der Waals surface area (Å²) in [5, 5.41) is 14.9. The number of hydrogen-bond acceptors (Lipinski definition) is 5. The van der Waals surface area contributed by atoms with Crippen LogP contribution in [0.25, 0.3) is 0 Å². The van der Waals surface area contributed by atoms with Crippen molar-refractivity contribution in [1.29, 1.82) is 5.26 Å².